The summed E-state index contributed by atoms with van der Waals surface area (Å²) in [5.41, 5.74) is 0.999. The maximum atomic E-state index is 11.5. The lowest BCUT2D eigenvalue weighted by atomic mass is 10.4. The van der Waals surface area contributed by atoms with E-state index in [1.807, 2.05) is 0 Å². The van der Waals surface area contributed by atoms with Gasteiger partial charge in [0.15, 0.2) is 0 Å². The largest absolute Gasteiger partial charge is 0.363 e. The molecule has 0 atom stereocenters. The standard InChI is InChI=1S/C8H6BrN3O2/c9-5-1-7(10-2-5)8(13)12-6-3-11-14-4-6/h1-4,10H,(H,12,13). The van der Waals surface area contributed by atoms with Gasteiger partial charge in [-0.15, -0.1) is 0 Å². The van der Waals surface area contributed by atoms with Gasteiger partial charge in [0.25, 0.3) is 5.91 Å². The molecule has 0 aromatic carbocycles. The number of aromatic amines is 1. The van der Waals surface area contributed by atoms with Gasteiger partial charge in [-0.25, -0.2) is 0 Å². The molecule has 2 rings (SSSR count). The van der Waals surface area contributed by atoms with Crippen LogP contribution in [0.4, 0.5) is 5.69 Å². The van der Waals surface area contributed by atoms with E-state index in [9.17, 15) is 4.79 Å². The highest BCUT2D eigenvalue weighted by Crippen LogP contribution is 2.12. The Morgan fingerprint density at radius 3 is 3.07 bits per heavy atom. The van der Waals surface area contributed by atoms with Crippen LogP contribution in [0.15, 0.2) is 33.7 Å². The van der Waals surface area contributed by atoms with Gasteiger partial charge < -0.3 is 14.8 Å². The number of hydrogen-bond acceptors (Lipinski definition) is 3. The van der Waals surface area contributed by atoms with Gasteiger partial charge in [0.2, 0.25) is 0 Å². The first-order chi connectivity index (χ1) is 6.75. The summed E-state index contributed by atoms with van der Waals surface area (Å²) in [4.78, 5) is 14.3. The first-order valence-corrected chi connectivity index (χ1v) is 4.59. The van der Waals surface area contributed by atoms with E-state index in [2.05, 4.69) is 35.9 Å². The zero-order valence-corrected chi connectivity index (χ0v) is 8.54. The van der Waals surface area contributed by atoms with Gasteiger partial charge in [0, 0.05) is 10.7 Å². The second-order valence-electron chi connectivity index (χ2n) is 2.60. The molecule has 0 fully saturated rings. The fourth-order valence-electron chi connectivity index (χ4n) is 0.964. The van der Waals surface area contributed by atoms with E-state index in [1.165, 1.54) is 12.5 Å². The van der Waals surface area contributed by atoms with Crippen molar-refractivity contribution in [3.8, 4) is 0 Å². The summed E-state index contributed by atoms with van der Waals surface area (Å²) >= 11 is 3.24. The number of hydrogen-bond donors (Lipinski definition) is 2. The Morgan fingerprint density at radius 2 is 2.50 bits per heavy atom. The third-order valence-corrected chi connectivity index (χ3v) is 2.04. The predicted octanol–water partition coefficient (Wildman–Crippen LogP) is 2.02. The van der Waals surface area contributed by atoms with Gasteiger partial charge >= 0.3 is 0 Å². The Kier molecular flexibility index (Phi) is 2.36. The first kappa shape index (κ1) is 9.01. The molecule has 2 heterocycles. The fraction of sp³-hybridized carbons (Fsp3) is 0. The highest BCUT2D eigenvalue weighted by Gasteiger charge is 2.08. The van der Waals surface area contributed by atoms with Crippen molar-refractivity contribution in [1.29, 1.82) is 0 Å². The normalized spacial score (nSPS) is 10.1. The molecule has 0 bridgehead atoms. The minimum atomic E-state index is -0.237. The highest BCUT2D eigenvalue weighted by molar-refractivity contribution is 9.10. The number of aromatic nitrogens is 2. The van der Waals surface area contributed by atoms with E-state index in [-0.39, 0.29) is 5.91 Å². The number of halogens is 1. The molecule has 72 valence electrons. The molecular formula is C8H6BrN3O2. The number of amides is 1. The summed E-state index contributed by atoms with van der Waals surface area (Å²) in [6, 6.07) is 1.68. The van der Waals surface area contributed by atoms with Crippen LogP contribution in [0.3, 0.4) is 0 Å². The van der Waals surface area contributed by atoms with Gasteiger partial charge in [-0.1, -0.05) is 5.16 Å². The third kappa shape index (κ3) is 1.85. The molecule has 0 aliphatic rings. The van der Waals surface area contributed by atoms with Gasteiger partial charge in [0.05, 0.1) is 6.20 Å². The van der Waals surface area contributed by atoms with Crippen LogP contribution in [-0.4, -0.2) is 16.0 Å². The van der Waals surface area contributed by atoms with Crippen molar-refractivity contribution in [2.24, 2.45) is 0 Å². The van der Waals surface area contributed by atoms with Crippen LogP contribution < -0.4 is 5.32 Å². The molecule has 0 saturated carbocycles. The average molecular weight is 256 g/mol. The van der Waals surface area contributed by atoms with E-state index in [0.717, 1.165) is 4.47 Å². The maximum Gasteiger partial charge on any atom is 0.272 e. The van der Waals surface area contributed by atoms with Crippen molar-refractivity contribution < 1.29 is 9.32 Å². The quantitative estimate of drug-likeness (QED) is 0.863. The average Bonchev–Trinajstić information content (AvgIpc) is 2.75. The van der Waals surface area contributed by atoms with E-state index in [1.54, 1.807) is 12.3 Å². The van der Waals surface area contributed by atoms with Crippen LogP contribution in [0.5, 0.6) is 0 Å². The van der Waals surface area contributed by atoms with Crippen molar-refractivity contribution >= 4 is 27.5 Å². The van der Waals surface area contributed by atoms with Gasteiger partial charge in [-0.05, 0) is 22.0 Å². The van der Waals surface area contributed by atoms with E-state index < -0.39 is 0 Å². The molecular weight excluding hydrogens is 250 g/mol. The minimum Gasteiger partial charge on any atom is -0.363 e. The molecule has 0 spiro atoms. The van der Waals surface area contributed by atoms with Crippen molar-refractivity contribution in [1.82, 2.24) is 10.1 Å². The number of rotatable bonds is 2. The van der Waals surface area contributed by atoms with E-state index in [4.69, 9.17) is 0 Å². The fourth-order valence-corrected chi connectivity index (χ4v) is 1.31. The summed E-state index contributed by atoms with van der Waals surface area (Å²) < 4.78 is 5.40. The maximum absolute atomic E-state index is 11.5. The topological polar surface area (TPSA) is 70.9 Å². The molecule has 6 heteroatoms. The van der Waals surface area contributed by atoms with Crippen LogP contribution in [0.1, 0.15) is 10.5 Å². The Labute approximate surface area is 87.6 Å². The van der Waals surface area contributed by atoms with Crippen LogP contribution >= 0.6 is 15.9 Å². The molecule has 2 aromatic heterocycles. The molecule has 0 aliphatic heterocycles. The Hall–Kier alpha value is -1.56. The third-order valence-electron chi connectivity index (χ3n) is 1.58. The zero-order chi connectivity index (χ0) is 9.97. The highest BCUT2D eigenvalue weighted by atomic mass is 79.9. The van der Waals surface area contributed by atoms with Gasteiger partial charge in [0.1, 0.15) is 17.6 Å². The monoisotopic (exact) mass is 255 g/mol. The summed E-state index contributed by atoms with van der Waals surface area (Å²) in [5, 5.41) is 6.07. The summed E-state index contributed by atoms with van der Waals surface area (Å²) in [6.45, 7) is 0. The van der Waals surface area contributed by atoms with Crippen LogP contribution in [0.2, 0.25) is 0 Å². The number of H-pyrrole nitrogens is 1. The molecule has 14 heavy (non-hydrogen) atoms. The zero-order valence-electron chi connectivity index (χ0n) is 6.95. The molecule has 0 aliphatic carbocycles. The summed E-state index contributed by atoms with van der Waals surface area (Å²) in [5.74, 6) is -0.237. The Balaban J connectivity index is 2.10. The van der Waals surface area contributed by atoms with Crippen LogP contribution in [0, 0.1) is 0 Å². The predicted molar refractivity (Wildman–Crippen MR) is 52.9 cm³/mol. The number of carbonyl (C=O) groups excluding carboxylic acids is 1. The first-order valence-electron chi connectivity index (χ1n) is 3.80. The van der Waals surface area contributed by atoms with Crippen molar-refractivity contribution in [3.05, 3.63) is 34.9 Å². The van der Waals surface area contributed by atoms with Crippen molar-refractivity contribution in [2.45, 2.75) is 0 Å². The SMILES string of the molecule is O=C(Nc1cnoc1)c1cc(Br)c[nH]1. The second kappa shape index (κ2) is 3.67. The lowest BCUT2D eigenvalue weighted by Gasteiger charge is -1.97. The minimum absolute atomic E-state index is 0.237. The van der Waals surface area contributed by atoms with Crippen molar-refractivity contribution in [2.75, 3.05) is 5.32 Å². The molecule has 2 aromatic rings. The lowest BCUT2D eigenvalue weighted by Crippen LogP contribution is -2.11. The summed E-state index contributed by atoms with van der Waals surface area (Å²) in [6.07, 6.45) is 4.47. The molecule has 2 N–H and O–H groups in total. The van der Waals surface area contributed by atoms with Gasteiger partial charge in [-0.3, -0.25) is 4.79 Å². The van der Waals surface area contributed by atoms with Crippen LogP contribution in [0.25, 0.3) is 0 Å². The molecule has 1 amide bonds. The number of nitrogens with one attached hydrogen (secondary N) is 2. The van der Waals surface area contributed by atoms with Crippen LogP contribution in [-0.2, 0) is 0 Å². The number of anilines is 1. The van der Waals surface area contributed by atoms with E-state index >= 15 is 0 Å². The molecule has 0 saturated heterocycles. The Morgan fingerprint density at radius 1 is 1.64 bits per heavy atom. The lowest BCUT2D eigenvalue weighted by molar-refractivity contribution is 0.102. The molecule has 0 unspecified atom stereocenters. The second-order valence-corrected chi connectivity index (χ2v) is 3.51. The smallest absolute Gasteiger partial charge is 0.272 e. The summed E-state index contributed by atoms with van der Waals surface area (Å²) in [7, 11) is 0. The number of carbonyl (C=O) groups is 1. The Bertz CT molecular complexity index is 435. The van der Waals surface area contributed by atoms with Gasteiger partial charge in [-0.2, -0.15) is 0 Å². The van der Waals surface area contributed by atoms with Crippen molar-refractivity contribution in [3.63, 3.8) is 0 Å². The molecule has 5 nitrogen and oxygen atoms in total. The van der Waals surface area contributed by atoms with E-state index in [0.29, 0.717) is 11.4 Å². The molecule has 0 radical (unpaired) electrons. The number of nitrogens with zero attached hydrogens (tertiary/aromatic N) is 1.